The van der Waals surface area contributed by atoms with Gasteiger partial charge in [0.05, 0.1) is 24.3 Å². The van der Waals surface area contributed by atoms with Crippen LogP contribution in [0.4, 0.5) is 0 Å². The van der Waals surface area contributed by atoms with E-state index in [0.717, 1.165) is 10.2 Å². The van der Waals surface area contributed by atoms with E-state index in [9.17, 15) is 9.90 Å². The van der Waals surface area contributed by atoms with Crippen molar-refractivity contribution >= 4 is 21.8 Å². The van der Waals surface area contributed by atoms with Crippen molar-refractivity contribution in [2.45, 2.75) is 32.4 Å². The van der Waals surface area contributed by atoms with Crippen LogP contribution in [-0.4, -0.2) is 21.6 Å². The molecular weight excluding hydrogens is 272 g/mol. The number of halogens is 1. The quantitative estimate of drug-likeness (QED) is 0.884. The van der Waals surface area contributed by atoms with Gasteiger partial charge in [-0.05, 0) is 26.0 Å². The Morgan fingerprint density at radius 3 is 2.88 bits per heavy atom. The smallest absolute Gasteiger partial charge is 0.223 e. The van der Waals surface area contributed by atoms with Crippen LogP contribution in [0.5, 0.6) is 0 Å². The molecule has 1 amide bonds. The number of carbonyl (C=O) groups is 1. The first kappa shape index (κ1) is 13.1. The summed E-state index contributed by atoms with van der Waals surface area (Å²) in [5.41, 5.74) is -0.201. The van der Waals surface area contributed by atoms with E-state index >= 15 is 0 Å². The molecule has 0 aliphatic rings. The number of hydrogen-bond donors (Lipinski definition) is 2. The van der Waals surface area contributed by atoms with Crippen LogP contribution in [0.3, 0.4) is 0 Å². The summed E-state index contributed by atoms with van der Waals surface area (Å²) in [4.78, 5) is 15.5. The highest BCUT2D eigenvalue weighted by Crippen LogP contribution is 2.09. The number of nitrogens with zero attached hydrogens (tertiary/aromatic N) is 1. The summed E-state index contributed by atoms with van der Waals surface area (Å²) < 4.78 is 0.925. The molecule has 2 N–H and O–H groups in total. The Bertz CT molecular complexity index is 374. The van der Waals surface area contributed by atoms with Crippen molar-refractivity contribution in [1.29, 1.82) is 0 Å². The number of pyridine rings is 1. The molecule has 5 heteroatoms. The maximum atomic E-state index is 11.4. The number of amides is 1. The van der Waals surface area contributed by atoms with Crippen LogP contribution in [0.2, 0.25) is 0 Å². The van der Waals surface area contributed by atoms with Gasteiger partial charge in [0, 0.05) is 10.7 Å². The largest absolute Gasteiger partial charge is 0.390 e. The van der Waals surface area contributed by atoms with Gasteiger partial charge in [-0.3, -0.25) is 9.78 Å². The summed E-state index contributed by atoms with van der Waals surface area (Å²) in [5, 5.41) is 12.1. The SMILES string of the molecule is CC(C)(O)CC(=O)NCc1cc(Br)ccn1. The Morgan fingerprint density at radius 1 is 1.62 bits per heavy atom. The van der Waals surface area contributed by atoms with Crippen LogP contribution in [0.25, 0.3) is 0 Å². The second kappa shape index (κ2) is 5.41. The van der Waals surface area contributed by atoms with E-state index in [2.05, 4.69) is 26.2 Å². The molecule has 0 fully saturated rings. The summed E-state index contributed by atoms with van der Waals surface area (Å²) in [6.07, 6.45) is 1.75. The first-order valence-corrected chi connectivity index (χ1v) is 5.76. The highest BCUT2D eigenvalue weighted by molar-refractivity contribution is 9.10. The summed E-state index contributed by atoms with van der Waals surface area (Å²) in [5.74, 6) is -0.186. The number of nitrogens with one attached hydrogen (secondary N) is 1. The topological polar surface area (TPSA) is 62.2 Å². The molecule has 0 saturated carbocycles. The summed E-state index contributed by atoms with van der Waals surface area (Å²) in [6, 6.07) is 3.66. The molecule has 0 aliphatic carbocycles. The minimum absolute atomic E-state index is 0.0843. The van der Waals surface area contributed by atoms with Gasteiger partial charge in [-0.2, -0.15) is 0 Å². The van der Waals surface area contributed by atoms with Gasteiger partial charge in [-0.15, -0.1) is 0 Å². The molecule has 1 heterocycles. The van der Waals surface area contributed by atoms with E-state index in [1.807, 2.05) is 12.1 Å². The zero-order valence-corrected chi connectivity index (χ0v) is 10.9. The molecule has 1 aromatic heterocycles. The molecule has 1 aromatic rings. The lowest BCUT2D eigenvalue weighted by atomic mass is 10.1. The van der Waals surface area contributed by atoms with Gasteiger partial charge >= 0.3 is 0 Å². The number of aromatic nitrogens is 1. The maximum absolute atomic E-state index is 11.4. The highest BCUT2D eigenvalue weighted by Gasteiger charge is 2.17. The standard InChI is InChI=1S/C11H15BrN2O2/c1-11(2,16)6-10(15)14-7-9-5-8(12)3-4-13-9/h3-5,16H,6-7H2,1-2H3,(H,14,15). The average molecular weight is 287 g/mol. The second-order valence-electron chi connectivity index (χ2n) is 4.23. The fourth-order valence-electron chi connectivity index (χ4n) is 1.19. The normalized spacial score (nSPS) is 11.2. The Kier molecular flexibility index (Phi) is 4.44. The van der Waals surface area contributed by atoms with Gasteiger partial charge in [0.2, 0.25) is 5.91 Å². The zero-order chi connectivity index (χ0) is 12.2. The molecule has 0 unspecified atom stereocenters. The molecule has 88 valence electrons. The summed E-state index contributed by atoms with van der Waals surface area (Å²) >= 11 is 3.33. The Balaban J connectivity index is 2.43. The maximum Gasteiger partial charge on any atom is 0.223 e. The fraction of sp³-hybridized carbons (Fsp3) is 0.455. The minimum atomic E-state index is -0.977. The molecular formula is C11H15BrN2O2. The monoisotopic (exact) mass is 286 g/mol. The second-order valence-corrected chi connectivity index (χ2v) is 5.15. The van der Waals surface area contributed by atoms with Crippen molar-refractivity contribution in [2.75, 3.05) is 0 Å². The van der Waals surface area contributed by atoms with E-state index in [4.69, 9.17) is 0 Å². The minimum Gasteiger partial charge on any atom is -0.390 e. The van der Waals surface area contributed by atoms with Crippen molar-refractivity contribution in [2.24, 2.45) is 0 Å². The van der Waals surface area contributed by atoms with Gasteiger partial charge in [-0.1, -0.05) is 15.9 Å². The third kappa shape index (κ3) is 5.23. The summed E-state index contributed by atoms with van der Waals surface area (Å²) in [7, 11) is 0. The van der Waals surface area contributed by atoms with Crippen LogP contribution in [0, 0.1) is 0 Å². The molecule has 0 atom stereocenters. The number of aliphatic hydroxyl groups is 1. The third-order valence-corrected chi connectivity index (χ3v) is 2.33. The average Bonchev–Trinajstić information content (AvgIpc) is 2.12. The lowest BCUT2D eigenvalue weighted by Gasteiger charge is -2.16. The molecule has 0 aromatic carbocycles. The van der Waals surface area contributed by atoms with E-state index in [-0.39, 0.29) is 12.3 Å². The number of hydrogen-bond acceptors (Lipinski definition) is 3. The molecule has 16 heavy (non-hydrogen) atoms. The van der Waals surface area contributed by atoms with Crippen molar-refractivity contribution in [3.05, 3.63) is 28.5 Å². The lowest BCUT2D eigenvalue weighted by Crippen LogP contribution is -2.32. The molecule has 4 nitrogen and oxygen atoms in total. The van der Waals surface area contributed by atoms with Crippen molar-refractivity contribution in [3.63, 3.8) is 0 Å². The lowest BCUT2D eigenvalue weighted by molar-refractivity contribution is -0.125. The van der Waals surface area contributed by atoms with Gasteiger partial charge in [0.25, 0.3) is 0 Å². The fourth-order valence-corrected chi connectivity index (χ4v) is 1.57. The molecule has 0 saturated heterocycles. The first-order valence-electron chi connectivity index (χ1n) is 4.96. The summed E-state index contributed by atoms with van der Waals surface area (Å²) in [6.45, 7) is 3.57. The van der Waals surface area contributed by atoms with Crippen molar-refractivity contribution < 1.29 is 9.90 Å². The van der Waals surface area contributed by atoms with Gasteiger partial charge < -0.3 is 10.4 Å². The molecule has 0 bridgehead atoms. The van der Waals surface area contributed by atoms with Gasteiger partial charge in [0.1, 0.15) is 0 Å². The number of carbonyl (C=O) groups excluding carboxylic acids is 1. The van der Waals surface area contributed by atoms with Crippen LogP contribution in [0.15, 0.2) is 22.8 Å². The highest BCUT2D eigenvalue weighted by atomic mass is 79.9. The van der Waals surface area contributed by atoms with E-state index < -0.39 is 5.60 Å². The van der Waals surface area contributed by atoms with Gasteiger partial charge in [0.15, 0.2) is 0 Å². The Morgan fingerprint density at radius 2 is 2.31 bits per heavy atom. The zero-order valence-electron chi connectivity index (χ0n) is 9.33. The van der Waals surface area contributed by atoms with Crippen molar-refractivity contribution in [1.82, 2.24) is 10.3 Å². The van der Waals surface area contributed by atoms with Crippen LogP contribution >= 0.6 is 15.9 Å². The van der Waals surface area contributed by atoms with E-state index in [0.29, 0.717) is 6.54 Å². The van der Waals surface area contributed by atoms with Crippen LogP contribution < -0.4 is 5.32 Å². The predicted octanol–water partition coefficient (Wildman–Crippen LogP) is 1.62. The van der Waals surface area contributed by atoms with E-state index in [1.54, 1.807) is 20.0 Å². The Labute approximate surface area is 103 Å². The van der Waals surface area contributed by atoms with Crippen molar-refractivity contribution in [3.8, 4) is 0 Å². The van der Waals surface area contributed by atoms with Gasteiger partial charge in [-0.25, -0.2) is 0 Å². The third-order valence-electron chi connectivity index (χ3n) is 1.84. The Hall–Kier alpha value is -0.940. The van der Waals surface area contributed by atoms with Crippen LogP contribution in [-0.2, 0) is 11.3 Å². The van der Waals surface area contributed by atoms with Crippen LogP contribution in [0.1, 0.15) is 26.0 Å². The number of rotatable bonds is 4. The molecule has 0 spiro atoms. The molecule has 1 rings (SSSR count). The molecule has 0 radical (unpaired) electrons. The first-order chi connectivity index (χ1) is 7.37. The molecule has 0 aliphatic heterocycles. The van der Waals surface area contributed by atoms with E-state index in [1.165, 1.54) is 0 Å². The predicted molar refractivity (Wildman–Crippen MR) is 64.7 cm³/mol.